The van der Waals surface area contributed by atoms with E-state index in [0.29, 0.717) is 23.6 Å². The van der Waals surface area contributed by atoms with Crippen LogP contribution in [0, 0.1) is 5.92 Å². The summed E-state index contributed by atoms with van der Waals surface area (Å²) in [7, 11) is 4.89. The zero-order valence-electron chi connectivity index (χ0n) is 17.1. The summed E-state index contributed by atoms with van der Waals surface area (Å²) in [6.45, 7) is 4.18. The van der Waals surface area contributed by atoms with Crippen molar-refractivity contribution in [2.75, 3.05) is 21.3 Å². The molecule has 0 bridgehead atoms. The number of hydrogen-bond acceptors (Lipinski definition) is 4. The number of methoxy groups -OCH3 is 2. The lowest BCUT2D eigenvalue weighted by atomic mass is 10.0. The molecule has 1 unspecified atom stereocenters. The van der Waals surface area contributed by atoms with Crippen molar-refractivity contribution in [3.63, 3.8) is 0 Å². The van der Waals surface area contributed by atoms with Gasteiger partial charge in [0.25, 0.3) is 5.91 Å². The summed E-state index contributed by atoms with van der Waals surface area (Å²) in [6.07, 6.45) is 0. The van der Waals surface area contributed by atoms with E-state index in [0.717, 1.165) is 5.56 Å². The van der Waals surface area contributed by atoms with E-state index in [-0.39, 0.29) is 17.7 Å². The minimum Gasteiger partial charge on any atom is -0.497 e. The van der Waals surface area contributed by atoms with Gasteiger partial charge >= 0.3 is 0 Å². The molecule has 1 N–H and O–H groups in total. The molecule has 0 aliphatic heterocycles. The molecule has 28 heavy (non-hydrogen) atoms. The van der Waals surface area contributed by atoms with Gasteiger partial charge in [-0.05, 0) is 30.2 Å². The highest BCUT2D eigenvalue weighted by Crippen LogP contribution is 2.25. The zero-order valence-corrected chi connectivity index (χ0v) is 17.1. The van der Waals surface area contributed by atoms with Crippen LogP contribution >= 0.6 is 0 Å². The van der Waals surface area contributed by atoms with Crippen molar-refractivity contribution < 1.29 is 19.1 Å². The summed E-state index contributed by atoms with van der Waals surface area (Å²) >= 11 is 0. The molecule has 2 aromatic rings. The van der Waals surface area contributed by atoms with Crippen LogP contribution in [0.5, 0.6) is 11.5 Å². The predicted octanol–water partition coefficient (Wildman–Crippen LogP) is 3.12. The Morgan fingerprint density at radius 1 is 1.04 bits per heavy atom. The third-order valence-electron chi connectivity index (χ3n) is 4.53. The second kappa shape index (κ2) is 9.78. The number of nitrogens with zero attached hydrogens (tertiary/aromatic N) is 1. The van der Waals surface area contributed by atoms with Gasteiger partial charge in [0.05, 0.1) is 14.2 Å². The van der Waals surface area contributed by atoms with Crippen molar-refractivity contribution in [1.82, 2.24) is 10.2 Å². The van der Waals surface area contributed by atoms with Crippen molar-refractivity contribution in [3.05, 3.63) is 59.7 Å². The van der Waals surface area contributed by atoms with E-state index in [1.54, 1.807) is 56.5 Å². The van der Waals surface area contributed by atoms with Crippen molar-refractivity contribution in [3.8, 4) is 11.5 Å². The Balaban J connectivity index is 2.13. The molecule has 150 valence electrons. The molecule has 0 saturated carbocycles. The van der Waals surface area contributed by atoms with E-state index in [1.165, 1.54) is 0 Å². The number of amides is 2. The van der Waals surface area contributed by atoms with E-state index in [1.807, 2.05) is 32.0 Å². The fourth-order valence-electron chi connectivity index (χ4n) is 2.88. The zero-order chi connectivity index (χ0) is 20.7. The maximum absolute atomic E-state index is 13.0. The summed E-state index contributed by atoms with van der Waals surface area (Å²) in [5, 5.41) is 2.86. The van der Waals surface area contributed by atoms with Gasteiger partial charge in [0.2, 0.25) is 5.91 Å². The smallest absolute Gasteiger partial charge is 0.251 e. The monoisotopic (exact) mass is 384 g/mol. The Morgan fingerprint density at radius 3 is 2.29 bits per heavy atom. The van der Waals surface area contributed by atoms with Crippen molar-refractivity contribution in [1.29, 1.82) is 0 Å². The van der Waals surface area contributed by atoms with Crippen LogP contribution in [0.4, 0.5) is 0 Å². The second-order valence-electron chi connectivity index (χ2n) is 6.93. The van der Waals surface area contributed by atoms with E-state index in [9.17, 15) is 9.59 Å². The summed E-state index contributed by atoms with van der Waals surface area (Å²) in [5.41, 5.74) is 1.39. The quantitative estimate of drug-likeness (QED) is 0.759. The SMILES string of the molecule is COc1ccc(CN(C)C(=O)C(NC(=O)c2ccccc2)C(C)C)c(OC)c1. The predicted molar refractivity (Wildman–Crippen MR) is 109 cm³/mol. The average Bonchev–Trinajstić information content (AvgIpc) is 2.71. The molecule has 2 rings (SSSR count). The number of ether oxygens (including phenoxy) is 2. The molecule has 0 fully saturated rings. The van der Waals surface area contributed by atoms with Crippen LogP contribution in [-0.2, 0) is 11.3 Å². The lowest BCUT2D eigenvalue weighted by Crippen LogP contribution is -2.50. The van der Waals surface area contributed by atoms with Gasteiger partial charge in [0, 0.05) is 30.8 Å². The van der Waals surface area contributed by atoms with Gasteiger partial charge in [-0.3, -0.25) is 9.59 Å². The summed E-state index contributed by atoms with van der Waals surface area (Å²) in [6, 6.07) is 13.7. The number of nitrogens with one attached hydrogen (secondary N) is 1. The number of likely N-dealkylation sites (N-methyl/N-ethyl adjacent to an activating group) is 1. The Hall–Kier alpha value is -3.02. The van der Waals surface area contributed by atoms with Crippen LogP contribution in [0.15, 0.2) is 48.5 Å². The molecule has 0 aliphatic rings. The van der Waals surface area contributed by atoms with Crippen LogP contribution in [0.2, 0.25) is 0 Å². The molecule has 1 atom stereocenters. The number of benzene rings is 2. The molecule has 6 nitrogen and oxygen atoms in total. The van der Waals surface area contributed by atoms with Gasteiger partial charge in [-0.2, -0.15) is 0 Å². The van der Waals surface area contributed by atoms with Crippen LogP contribution in [0.3, 0.4) is 0 Å². The minimum absolute atomic E-state index is 0.0552. The first-order valence-electron chi connectivity index (χ1n) is 9.19. The lowest BCUT2D eigenvalue weighted by Gasteiger charge is -2.27. The third-order valence-corrected chi connectivity index (χ3v) is 4.53. The number of hydrogen-bond donors (Lipinski definition) is 1. The van der Waals surface area contributed by atoms with Gasteiger partial charge in [-0.25, -0.2) is 0 Å². The Morgan fingerprint density at radius 2 is 1.71 bits per heavy atom. The lowest BCUT2D eigenvalue weighted by molar-refractivity contribution is -0.133. The fourth-order valence-corrected chi connectivity index (χ4v) is 2.88. The topological polar surface area (TPSA) is 67.9 Å². The molecular weight excluding hydrogens is 356 g/mol. The Labute approximate surface area is 166 Å². The van der Waals surface area contributed by atoms with Crippen LogP contribution in [-0.4, -0.2) is 44.0 Å². The molecule has 0 spiro atoms. The van der Waals surface area contributed by atoms with E-state index < -0.39 is 6.04 Å². The van der Waals surface area contributed by atoms with Crippen molar-refractivity contribution in [2.24, 2.45) is 5.92 Å². The summed E-state index contributed by atoms with van der Waals surface area (Å²) in [4.78, 5) is 27.1. The van der Waals surface area contributed by atoms with E-state index >= 15 is 0 Å². The standard InChI is InChI=1S/C22H28N2O4/c1-15(2)20(23-21(25)16-9-7-6-8-10-16)22(26)24(3)14-17-11-12-18(27-4)13-19(17)28-5/h6-13,15,20H,14H2,1-5H3,(H,23,25). The number of carbonyl (C=O) groups excluding carboxylic acids is 2. The van der Waals surface area contributed by atoms with Gasteiger partial charge in [-0.1, -0.05) is 32.0 Å². The first-order chi connectivity index (χ1) is 13.4. The minimum atomic E-state index is -0.623. The average molecular weight is 384 g/mol. The number of rotatable bonds is 8. The van der Waals surface area contributed by atoms with E-state index in [4.69, 9.17) is 9.47 Å². The highest BCUT2D eigenvalue weighted by atomic mass is 16.5. The van der Waals surface area contributed by atoms with Crippen molar-refractivity contribution >= 4 is 11.8 Å². The molecular formula is C22H28N2O4. The molecule has 0 heterocycles. The molecule has 6 heteroatoms. The summed E-state index contributed by atoms with van der Waals surface area (Å²) < 4.78 is 10.6. The Bertz CT molecular complexity index is 805. The van der Waals surface area contributed by atoms with Gasteiger partial charge < -0.3 is 19.7 Å². The molecule has 2 amide bonds. The van der Waals surface area contributed by atoms with E-state index in [2.05, 4.69) is 5.32 Å². The molecule has 0 aromatic heterocycles. The van der Waals surface area contributed by atoms with Crippen molar-refractivity contribution in [2.45, 2.75) is 26.4 Å². The highest BCUT2D eigenvalue weighted by molar-refractivity contribution is 5.97. The molecule has 0 saturated heterocycles. The summed E-state index contributed by atoms with van der Waals surface area (Å²) in [5.74, 6) is 0.860. The maximum atomic E-state index is 13.0. The molecule has 0 radical (unpaired) electrons. The third kappa shape index (κ3) is 5.25. The number of carbonyl (C=O) groups is 2. The largest absolute Gasteiger partial charge is 0.497 e. The first-order valence-corrected chi connectivity index (χ1v) is 9.19. The van der Waals surface area contributed by atoms with Gasteiger partial charge in [0.15, 0.2) is 0 Å². The fraction of sp³-hybridized carbons (Fsp3) is 0.364. The van der Waals surface area contributed by atoms with Crippen LogP contribution in [0.25, 0.3) is 0 Å². The first kappa shape index (κ1) is 21.3. The van der Waals surface area contributed by atoms with Crippen LogP contribution < -0.4 is 14.8 Å². The highest BCUT2D eigenvalue weighted by Gasteiger charge is 2.27. The molecule has 0 aliphatic carbocycles. The normalized spacial score (nSPS) is 11.6. The van der Waals surface area contributed by atoms with Gasteiger partial charge in [-0.15, -0.1) is 0 Å². The molecule has 2 aromatic carbocycles. The van der Waals surface area contributed by atoms with Crippen LogP contribution in [0.1, 0.15) is 29.8 Å². The maximum Gasteiger partial charge on any atom is 0.251 e. The van der Waals surface area contributed by atoms with Gasteiger partial charge in [0.1, 0.15) is 17.5 Å². The Kier molecular flexibility index (Phi) is 7.44. The second-order valence-corrected chi connectivity index (χ2v) is 6.93.